The second-order valence-corrected chi connectivity index (χ2v) is 6.34. The van der Waals surface area contributed by atoms with Gasteiger partial charge in [-0.05, 0) is 55.3 Å². The third-order valence-corrected chi connectivity index (χ3v) is 4.30. The minimum absolute atomic E-state index is 0.284. The first-order valence-corrected chi connectivity index (χ1v) is 9.55. The highest BCUT2D eigenvalue weighted by molar-refractivity contribution is 6.04. The van der Waals surface area contributed by atoms with Crippen molar-refractivity contribution in [2.75, 3.05) is 30.9 Å². The Bertz CT molecular complexity index is 959. The Kier molecular flexibility index (Phi) is 7.05. The quantitative estimate of drug-likeness (QED) is 0.566. The average Bonchev–Trinajstić information content (AvgIpc) is 2.75. The van der Waals surface area contributed by atoms with E-state index in [0.29, 0.717) is 23.7 Å². The number of hydrogen-bond donors (Lipinski definition) is 2. The highest BCUT2D eigenvalue weighted by atomic mass is 16.5. The standard InChI is InChI=1S/C23H25N3O3/c1-3-29-22-10-5-4-9-20(22)26-23(27)21-16-18(12-14-25-21)24-13-11-17-7-6-8-19(15-17)28-2/h4-10,12,14-16H,3,11,13H2,1-2H3,(H,24,25)(H,26,27). The summed E-state index contributed by atoms with van der Waals surface area (Å²) in [6.45, 7) is 3.16. The fraction of sp³-hybridized carbons (Fsp3) is 0.217. The van der Waals surface area contributed by atoms with Crippen LogP contribution in [0.5, 0.6) is 11.5 Å². The van der Waals surface area contributed by atoms with Gasteiger partial charge in [-0.3, -0.25) is 9.78 Å². The molecule has 1 amide bonds. The molecule has 150 valence electrons. The van der Waals surface area contributed by atoms with Gasteiger partial charge in [0.2, 0.25) is 0 Å². The van der Waals surface area contributed by atoms with Crippen molar-refractivity contribution in [2.45, 2.75) is 13.3 Å². The number of para-hydroxylation sites is 2. The molecule has 3 rings (SSSR count). The van der Waals surface area contributed by atoms with Gasteiger partial charge in [-0.1, -0.05) is 24.3 Å². The van der Waals surface area contributed by atoms with Gasteiger partial charge in [-0.25, -0.2) is 0 Å². The number of pyridine rings is 1. The number of carbonyl (C=O) groups is 1. The summed E-state index contributed by atoms with van der Waals surface area (Å²) in [5, 5.41) is 6.20. The Morgan fingerprint density at radius 2 is 1.93 bits per heavy atom. The van der Waals surface area contributed by atoms with Crippen molar-refractivity contribution in [2.24, 2.45) is 0 Å². The molecule has 2 aromatic carbocycles. The minimum Gasteiger partial charge on any atom is -0.497 e. The molecule has 0 saturated heterocycles. The van der Waals surface area contributed by atoms with E-state index in [1.165, 1.54) is 5.56 Å². The van der Waals surface area contributed by atoms with Crippen molar-refractivity contribution in [1.29, 1.82) is 0 Å². The van der Waals surface area contributed by atoms with Gasteiger partial charge in [0.25, 0.3) is 5.91 Å². The number of carbonyl (C=O) groups excluding carboxylic acids is 1. The molecule has 2 N–H and O–H groups in total. The molecule has 0 radical (unpaired) electrons. The fourth-order valence-corrected chi connectivity index (χ4v) is 2.88. The van der Waals surface area contributed by atoms with E-state index in [9.17, 15) is 4.79 Å². The zero-order valence-electron chi connectivity index (χ0n) is 16.6. The molecule has 1 heterocycles. The van der Waals surface area contributed by atoms with E-state index in [-0.39, 0.29) is 5.91 Å². The number of amides is 1. The van der Waals surface area contributed by atoms with Gasteiger partial charge in [0.1, 0.15) is 17.2 Å². The maximum absolute atomic E-state index is 12.6. The Morgan fingerprint density at radius 1 is 1.07 bits per heavy atom. The molecule has 0 saturated carbocycles. The number of nitrogens with zero attached hydrogens (tertiary/aromatic N) is 1. The predicted molar refractivity (Wildman–Crippen MR) is 115 cm³/mol. The fourth-order valence-electron chi connectivity index (χ4n) is 2.88. The molecule has 29 heavy (non-hydrogen) atoms. The Hall–Kier alpha value is -3.54. The van der Waals surface area contributed by atoms with Crippen LogP contribution in [0.1, 0.15) is 23.0 Å². The summed E-state index contributed by atoms with van der Waals surface area (Å²) < 4.78 is 10.8. The Morgan fingerprint density at radius 3 is 2.76 bits per heavy atom. The maximum atomic E-state index is 12.6. The van der Waals surface area contributed by atoms with E-state index in [0.717, 1.165) is 24.4 Å². The van der Waals surface area contributed by atoms with Gasteiger partial charge in [0.05, 0.1) is 19.4 Å². The van der Waals surface area contributed by atoms with Crippen LogP contribution in [0.3, 0.4) is 0 Å². The lowest BCUT2D eigenvalue weighted by Crippen LogP contribution is -2.15. The lowest BCUT2D eigenvalue weighted by atomic mass is 10.1. The highest BCUT2D eigenvalue weighted by Crippen LogP contribution is 2.24. The number of methoxy groups -OCH3 is 1. The molecule has 0 aliphatic heterocycles. The van der Waals surface area contributed by atoms with Crippen molar-refractivity contribution in [3.63, 3.8) is 0 Å². The van der Waals surface area contributed by atoms with Crippen LogP contribution in [0.15, 0.2) is 66.9 Å². The SMILES string of the molecule is CCOc1ccccc1NC(=O)c1cc(NCCc2cccc(OC)c2)ccn1. The molecule has 0 unspecified atom stereocenters. The Balaban J connectivity index is 1.61. The van der Waals surface area contributed by atoms with Crippen LogP contribution >= 0.6 is 0 Å². The molecule has 6 heteroatoms. The molecule has 1 aromatic heterocycles. The number of anilines is 2. The van der Waals surface area contributed by atoms with Crippen molar-refractivity contribution in [3.8, 4) is 11.5 Å². The highest BCUT2D eigenvalue weighted by Gasteiger charge is 2.11. The number of benzene rings is 2. The van der Waals surface area contributed by atoms with Crippen molar-refractivity contribution in [3.05, 3.63) is 78.1 Å². The number of ether oxygens (including phenoxy) is 2. The number of nitrogens with one attached hydrogen (secondary N) is 2. The molecule has 3 aromatic rings. The van der Waals surface area contributed by atoms with Crippen LogP contribution in [0.25, 0.3) is 0 Å². The summed E-state index contributed by atoms with van der Waals surface area (Å²) in [7, 11) is 1.66. The first-order valence-electron chi connectivity index (χ1n) is 9.55. The molecule has 0 spiro atoms. The van der Waals surface area contributed by atoms with E-state index >= 15 is 0 Å². The molecule has 0 atom stereocenters. The molecular weight excluding hydrogens is 366 g/mol. The van der Waals surface area contributed by atoms with E-state index in [2.05, 4.69) is 21.7 Å². The maximum Gasteiger partial charge on any atom is 0.274 e. The minimum atomic E-state index is -0.284. The molecule has 0 aliphatic rings. The third kappa shape index (κ3) is 5.72. The van der Waals surface area contributed by atoms with Gasteiger partial charge >= 0.3 is 0 Å². The summed E-state index contributed by atoms with van der Waals surface area (Å²) >= 11 is 0. The lowest BCUT2D eigenvalue weighted by Gasteiger charge is -2.12. The molecule has 6 nitrogen and oxygen atoms in total. The third-order valence-electron chi connectivity index (χ3n) is 4.30. The van der Waals surface area contributed by atoms with Crippen molar-refractivity contribution >= 4 is 17.3 Å². The van der Waals surface area contributed by atoms with Gasteiger partial charge in [-0.2, -0.15) is 0 Å². The zero-order chi connectivity index (χ0) is 20.5. The summed E-state index contributed by atoms with van der Waals surface area (Å²) in [5.41, 5.74) is 2.97. The number of hydrogen-bond acceptors (Lipinski definition) is 5. The summed E-state index contributed by atoms with van der Waals surface area (Å²) in [6.07, 6.45) is 2.46. The second-order valence-electron chi connectivity index (χ2n) is 6.34. The van der Waals surface area contributed by atoms with Crippen LogP contribution in [-0.2, 0) is 6.42 Å². The molecule has 0 bridgehead atoms. The van der Waals surface area contributed by atoms with Crippen LogP contribution in [0, 0.1) is 0 Å². The smallest absolute Gasteiger partial charge is 0.274 e. The topological polar surface area (TPSA) is 72.5 Å². The first kappa shape index (κ1) is 20.2. The van der Waals surface area contributed by atoms with E-state index in [1.54, 1.807) is 25.4 Å². The normalized spacial score (nSPS) is 10.3. The zero-order valence-corrected chi connectivity index (χ0v) is 16.6. The van der Waals surface area contributed by atoms with Crippen molar-refractivity contribution < 1.29 is 14.3 Å². The molecule has 0 fully saturated rings. The van der Waals surface area contributed by atoms with Gasteiger partial charge in [0, 0.05) is 18.4 Å². The van der Waals surface area contributed by atoms with Crippen LogP contribution in [0.4, 0.5) is 11.4 Å². The van der Waals surface area contributed by atoms with E-state index in [1.807, 2.05) is 49.4 Å². The van der Waals surface area contributed by atoms with Gasteiger partial charge in [0.15, 0.2) is 0 Å². The summed E-state index contributed by atoms with van der Waals surface area (Å²) in [5.74, 6) is 1.20. The number of rotatable bonds is 9. The largest absolute Gasteiger partial charge is 0.497 e. The second kappa shape index (κ2) is 10.1. The molecule has 0 aliphatic carbocycles. The number of aromatic nitrogens is 1. The van der Waals surface area contributed by atoms with Crippen LogP contribution in [-0.4, -0.2) is 31.2 Å². The monoisotopic (exact) mass is 391 g/mol. The van der Waals surface area contributed by atoms with Crippen LogP contribution < -0.4 is 20.1 Å². The lowest BCUT2D eigenvalue weighted by molar-refractivity contribution is 0.102. The summed E-state index contributed by atoms with van der Waals surface area (Å²) in [6, 6.07) is 18.9. The predicted octanol–water partition coefficient (Wildman–Crippen LogP) is 4.40. The average molecular weight is 391 g/mol. The Labute approximate surface area is 170 Å². The van der Waals surface area contributed by atoms with Gasteiger partial charge in [-0.15, -0.1) is 0 Å². The van der Waals surface area contributed by atoms with Crippen LogP contribution in [0.2, 0.25) is 0 Å². The van der Waals surface area contributed by atoms with Crippen molar-refractivity contribution in [1.82, 2.24) is 4.98 Å². The molecular formula is C23H25N3O3. The first-order chi connectivity index (χ1) is 14.2. The summed E-state index contributed by atoms with van der Waals surface area (Å²) in [4.78, 5) is 16.8. The van der Waals surface area contributed by atoms with E-state index in [4.69, 9.17) is 9.47 Å². The van der Waals surface area contributed by atoms with Gasteiger partial charge < -0.3 is 20.1 Å². The van der Waals surface area contributed by atoms with E-state index < -0.39 is 0 Å².